The van der Waals surface area contributed by atoms with Crippen LogP contribution in [0.1, 0.15) is 11.1 Å². The summed E-state index contributed by atoms with van der Waals surface area (Å²) in [5, 5.41) is 8.97. The lowest BCUT2D eigenvalue weighted by Crippen LogP contribution is -2.20. The van der Waals surface area contributed by atoms with E-state index in [1.807, 2.05) is 0 Å². The van der Waals surface area contributed by atoms with Crippen LogP contribution >= 0.6 is 0 Å². The lowest BCUT2D eigenvalue weighted by Gasteiger charge is -2.15. The normalized spacial score (nSPS) is 11.4. The van der Waals surface area contributed by atoms with E-state index in [0.717, 1.165) is 6.20 Å². The molecule has 17 heavy (non-hydrogen) atoms. The van der Waals surface area contributed by atoms with E-state index in [-0.39, 0.29) is 23.4 Å². The van der Waals surface area contributed by atoms with Crippen molar-refractivity contribution in [1.82, 2.24) is 4.98 Å². The van der Waals surface area contributed by atoms with E-state index in [9.17, 15) is 13.2 Å². The van der Waals surface area contributed by atoms with Gasteiger partial charge < -0.3 is 20.3 Å². The molecule has 0 fully saturated rings. The highest BCUT2D eigenvalue weighted by molar-refractivity contribution is 5.45. The van der Waals surface area contributed by atoms with E-state index >= 15 is 0 Å². The minimum absolute atomic E-state index is 0.0450. The predicted octanol–water partition coefficient (Wildman–Crippen LogP) is 0.940. The number of aromatic nitrogens is 1. The topological polar surface area (TPSA) is 77.6 Å². The van der Waals surface area contributed by atoms with Crippen LogP contribution in [0.15, 0.2) is 6.20 Å². The quantitative estimate of drug-likeness (QED) is 0.833. The van der Waals surface area contributed by atoms with Gasteiger partial charge in [0.1, 0.15) is 5.75 Å². The molecule has 3 N–H and O–H groups in total. The number of ether oxygens (including phenoxy) is 2. The number of nitrogens with two attached hydrogens (primary N) is 1. The summed E-state index contributed by atoms with van der Waals surface area (Å²) in [7, 11) is 1.25. The maximum atomic E-state index is 12.1. The first kappa shape index (κ1) is 13.5. The second kappa shape index (κ2) is 5.19. The molecule has 5 nitrogen and oxygen atoms in total. The summed E-state index contributed by atoms with van der Waals surface area (Å²) < 4.78 is 44.8. The van der Waals surface area contributed by atoms with Crippen LogP contribution in [0.2, 0.25) is 0 Å². The Kier molecular flexibility index (Phi) is 4.13. The second-order valence-corrected chi connectivity index (χ2v) is 3.01. The van der Waals surface area contributed by atoms with Crippen molar-refractivity contribution < 1.29 is 27.8 Å². The molecule has 1 aromatic heterocycles. The highest BCUT2D eigenvalue weighted by atomic mass is 19.4. The van der Waals surface area contributed by atoms with Crippen LogP contribution in [-0.2, 0) is 13.2 Å². The molecule has 0 radical (unpaired) electrons. The molecule has 1 rings (SSSR count). The minimum Gasteiger partial charge on any atom is -0.496 e. The molecule has 0 amide bonds. The third kappa shape index (κ3) is 3.21. The number of alkyl halides is 3. The van der Waals surface area contributed by atoms with Crippen LogP contribution in [0, 0.1) is 0 Å². The Labute approximate surface area is 95.0 Å². The summed E-state index contributed by atoms with van der Waals surface area (Å²) >= 11 is 0. The largest absolute Gasteiger partial charge is 0.574 e. The molecule has 96 valence electrons. The zero-order valence-electron chi connectivity index (χ0n) is 8.91. The van der Waals surface area contributed by atoms with E-state index < -0.39 is 18.8 Å². The number of pyridine rings is 1. The van der Waals surface area contributed by atoms with Gasteiger partial charge in [0.15, 0.2) is 0 Å². The number of hydrogen-bond acceptors (Lipinski definition) is 5. The fourth-order valence-corrected chi connectivity index (χ4v) is 1.31. The van der Waals surface area contributed by atoms with Gasteiger partial charge in [-0.2, -0.15) is 0 Å². The molecule has 0 saturated carbocycles. The monoisotopic (exact) mass is 252 g/mol. The third-order valence-corrected chi connectivity index (χ3v) is 1.95. The van der Waals surface area contributed by atoms with Crippen molar-refractivity contribution in [2.24, 2.45) is 5.73 Å². The van der Waals surface area contributed by atoms with Gasteiger partial charge in [-0.15, -0.1) is 13.2 Å². The molecule has 8 heteroatoms. The van der Waals surface area contributed by atoms with Gasteiger partial charge in [-0.25, -0.2) is 4.98 Å². The summed E-state index contributed by atoms with van der Waals surface area (Å²) in [5.74, 6) is -0.627. The Bertz CT molecular complexity index is 396. The Balaban J connectivity index is 3.23. The van der Waals surface area contributed by atoms with E-state index in [0.29, 0.717) is 0 Å². The Morgan fingerprint density at radius 1 is 1.47 bits per heavy atom. The number of aliphatic hydroxyl groups is 1. The van der Waals surface area contributed by atoms with Gasteiger partial charge in [0.25, 0.3) is 0 Å². The number of nitrogens with zero attached hydrogens (tertiary/aromatic N) is 1. The highest BCUT2D eigenvalue weighted by Gasteiger charge is 2.33. The zero-order valence-corrected chi connectivity index (χ0v) is 8.91. The fraction of sp³-hybridized carbons (Fsp3) is 0.444. The number of hydrogen-bond donors (Lipinski definition) is 2. The lowest BCUT2D eigenvalue weighted by atomic mass is 10.1. The van der Waals surface area contributed by atoms with Crippen LogP contribution in [0.4, 0.5) is 13.2 Å². The van der Waals surface area contributed by atoms with Crippen LogP contribution in [0.5, 0.6) is 11.6 Å². The SMILES string of the molecule is COc1c(CO)cnc(OC(F)(F)F)c1CN. The van der Waals surface area contributed by atoms with Gasteiger partial charge in [0.05, 0.1) is 19.3 Å². The first-order valence-electron chi connectivity index (χ1n) is 4.54. The molecule has 0 spiro atoms. The average molecular weight is 252 g/mol. The predicted molar refractivity (Wildman–Crippen MR) is 51.3 cm³/mol. The van der Waals surface area contributed by atoms with Crippen molar-refractivity contribution in [3.8, 4) is 11.6 Å². The minimum atomic E-state index is -4.86. The smallest absolute Gasteiger partial charge is 0.496 e. The maximum Gasteiger partial charge on any atom is 0.574 e. The second-order valence-electron chi connectivity index (χ2n) is 3.01. The first-order chi connectivity index (χ1) is 7.92. The van der Waals surface area contributed by atoms with Gasteiger partial charge in [0.2, 0.25) is 5.88 Å². The van der Waals surface area contributed by atoms with E-state index in [2.05, 4.69) is 9.72 Å². The fourth-order valence-electron chi connectivity index (χ4n) is 1.31. The number of halogens is 3. The number of methoxy groups -OCH3 is 1. The molecule has 0 aliphatic heterocycles. The van der Waals surface area contributed by atoms with Crippen LogP contribution in [-0.4, -0.2) is 23.6 Å². The average Bonchev–Trinajstić information content (AvgIpc) is 2.26. The molecular formula is C9H11F3N2O3. The molecule has 0 aliphatic rings. The molecule has 0 atom stereocenters. The molecule has 0 unspecified atom stereocenters. The highest BCUT2D eigenvalue weighted by Crippen LogP contribution is 2.32. The maximum absolute atomic E-state index is 12.1. The summed E-state index contributed by atoms with van der Waals surface area (Å²) in [6.45, 7) is -0.676. The molecule has 0 aliphatic carbocycles. The summed E-state index contributed by atoms with van der Waals surface area (Å²) in [5.41, 5.74) is 5.51. The van der Waals surface area contributed by atoms with Crippen LogP contribution in [0.3, 0.4) is 0 Å². The van der Waals surface area contributed by atoms with Crippen molar-refractivity contribution >= 4 is 0 Å². The van der Waals surface area contributed by atoms with Gasteiger partial charge in [-0.1, -0.05) is 0 Å². The molecule has 0 saturated heterocycles. The Morgan fingerprint density at radius 3 is 2.53 bits per heavy atom. The van der Waals surface area contributed by atoms with Gasteiger partial charge in [0, 0.05) is 18.3 Å². The van der Waals surface area contributed by atoms with Gasteiger partial charge in [-0.3, -0.25) is 0 Å². The van der Waals surface area contributed by atoms with E-state index in [4.69, 9.17) is 15.6 Å². The van der Waals surface area contributed by atoms with E-state index in [1.165, 1.54) is 7.11 Å². The molecule has 1 aromatic rings. The van der Waals surface area contributed by atoms with Crippen molar-refractivity contribution in [3.63, 3.8) is 0 Å². The molecule has 0 bridgehead atoms. The van der Waals surface area contributed by atoms with Crippen LogP contribution in [0.25, 0.3) is 0 Å². The molecular weight excluding hydrogens is 241 g/mol. The summed E-state index contributed by atoms with van der Waals surface area (Å²) in [4.78, 5) is 3.45. The lowest BCUT2D eigenvalue weighted by molar-refractivity contribution is -0.276. The van der Waals surface area contributed by atoms with Gasteiger partial charge in [-0.05, 0) is 0 Å². The third-order valence-electron chi connectivity index (χ3n) is 1.95. The summed E-state index contributed by atoms with van der Waals surface area (Å²) in [6, 6.07) is 0. The van der Waals surface area contributed by atoms with Crippen molar-refractivity contribution in [3.05, 3.63) is 17.3 Å². The van der Waals surface area contributed by atoms with Crippen molar-refractivity contribution in [2.45, 2.75) is 19.5 Å². The Morgan fingerprint density at radius 2 is 2.12 bits per heavy atom. The standard InChI is InChI=1S/C9H11F3N2O3/c1-16-7-5(4-15)3-14-8(6(7)2-13)17-9(10,11)12/h3,15H,2,4,13H2,1H3. The van der Waals surface area contributed by atoms with E-state index in [1.54, 1.807) is 0 Å². The first-order valence-corrected chi connectivity index (χ1v) is 4.54. The van der Waals surface area contributed by atoms with Gasteiger partial charge >= 0.3 is 6.36 Å². The van der Waals surface area contributed by atoms with Crippen LogP contribution < -0.4 is 15.2 Å². The van der Waals surface area contributed by atoms with Crippen molar-refractivity contribution in [2.75, 3.05) is 7.11 Å². The number of aliphatic hydroxyl groups excluding tert-OH is 1. The molecule has 0 aromatic carbocycles. The van der Waals surface area contributed by atoms with Crippen molar-refractivity contribution in [1.29, 1.82) is 0 Å². The molecule has 1 heterocycles. The summed E-state index contributed by atoms with van der Waals surface area (Å²) in [6.07, 6.45) is -3.82. The Hall–Kier alpha value is -1.54. The number of rotatable bonds is 4. The zero-order chi connectivity index (χ0) is 13.1.